The van der Waals surface area contributed by atoms with Gasteiger partial charge in [-0.05, 0) is 93.3 Å². The summed E-state index contributed by atoms with van der Waals surface area (Å²) in [5.74, 6) is 0.908. The molecular formula is C29H35N5O2. The molecular weight excluding hydrogens is 450 g/mol. The Bertz CT molecular complexity index is 1370. The van der Waals surface area contributed by atoms with Crippen molar-refractivity contribution in [2.75, 3.05) is 29.9 Å². The lowest BCUT2D eigenvalue weighted by atomic mass is 10.1. The lowest BCUT2D eigenvalue weighted by Crippen LogP contribution is -2.21. The Morgan fingerprint density at radius 3 is 2.36 bits per heavy atom. The van der Waals surface area contributed by atoms with Gasteiger partial charge in [-0.15, -0.1) is 10.2 Å². The minimum absolute atomic E-state index is 0.192. The zero-order valence-electron chi connectivity index (χ0n) is 22.0. The number of carbonyl (C=O) groups is 1. The number of amides is 1. The third-order valence-electron chi connectivity index (χ3n) is 6.18. The van der Waals surface area contributed by atoms with Crippen molar-refractivity contribution in [3.05, 3.63) is 71.3 Å². The number of nitrogens with zero attached hydrogens (tertiary/aromatic N) is 4. The maximum Gasteiger partial charge on any atom is 0.255 e. The Morgan fingerprint density at radius 2 is 1.69 bits per heavy atom. The van der Waals surface area contributed by atoms with E-state index in [4.69, 9.17) is 14.9 Å². The first-order chi connectivity index (χ1) is 17.3. The minimum Gasteiger partial charge on any atom is -0.493 e. The van der Waals surface area contributed by atoms with Gasteiger partial charge in [0.2, 0.25) is 0 Å². The lowest BCUT2D eigenvalue weighted by molar-refractivity contribution is 0.102. The molecule has 0 aliphatic rings. The van der Waals surface area contributed by atoms with Crippen LogP contribution in [0.3, 0.4) is 0 Å². The van der Waals surface area contributed by atoms with Gasteiger partial charge in [0, 0.05) is 30.0 Å². The van der Waals surface area contributed by atoms with Crippen LogP contribution in [0, 0.1) is 19.8 Å². The largest absolute Gasteiger partial charge is 0.493 e. The van der Waals surface area contributed by atoms with Crippen molar-refractivity contribution in [2.45, 2.75) is 41.5 Å². The molecule has 188 valence electrons. The number of anilines is 2. The van der Waals surface area contributed by atoms with Gasteiger partial charge in [0.25, 0.3) is 5.91 Å². The summed E-state index contributed by atoms with van der Waals surface area (Å²) in [4.78, 5) is 17.0. The van der Waals surface area contributed by atoms with E-state index in [0.717, 1.165) is 40.9 Å². The molecule has 0 radical (unpaired) electrons. The monoisotopic (exact) mass is 485 g/mol. The average Bonchev–Trinajstić information content (AvgIpc) is 3.26. The van der Waals surface area contributed by atoms with E-state index in [9.17, 15) is 4.79 Å². The molecule has 3 aromatic carbocycles. The third kappa shape index (κ3) is 5.51. The fourth-order valence-corrected chi connectivity index (χ4v) is 4.14. The number of aryl methyl sites for hydroxylation is 2. The number of aromatic nitrogens is 3. The van der Waals surface area contributed by atoms with E-state index in [2.05, 4.69) is 63.0 Å². The summed E-state index contributed by atoms with van der Waals surface area (Å²) in [6, 6.07) is 17.4. The van der Waals surface area contributed by atoms with Crippen molar-refractivity contribution in [2.24, 2.45) is 5.92 Å². The number of carbonyl (C=O) groups excluding carboxylic acids is 1. The molecule has 4 aromatic rings. The van der Waals surface area contributed by atoms with Crippen LogP contribution in [0.4, 0.5) is 11.4 Å². The van der Waals surface area contributed by atoms with Crippen LogP contribution >= 0.6 is 0 Å². The summed E-state index contributed by atoms with van der Waals surface area (Å²) >= 11 is 0. The number of fused-ring (bicyclic) bond motifs is 1. The van der Waals surface area contributed by atoms with Crippen molar-refractivity contribution < 1.29 is 9.53 Å². The van der Waals surface area contributed by atoms with Gasteiger partial charge in [-0.1, -0.05) is 19.9 Å². The number of hydrogen-bond acceptors (Lipinski definition) is 5. The number of benzene rings is 3. The first kappa shape index (κ1) is 25.2. The fourth-order valence-electron chi connectivity index (χ4n) is 4.14. The molecule has 0 atom stereocenters. The van der Waals surface area contributed by atoms with E-state index in [-0.39, 0.29) is 5.91 Å². The normalized spacial score (nSPS) is 11.2. The second-order valence-corrected chi connectivity index (χ2v) is 9.48. The zero-order valence-corrected chi connectivity index (χ0v) is 22.0. The highest BCUT2D eigenvalue weighted by Gasteiger charge is 2.14. The van der Waals surface area contributed by atoms with Gasteiger partial charge >= 0.3 is 0 Å². The van der Waals surface area contributed by atoms with Crippen LogP contribution in [0.2, 0.25) is 0 Å². The van der Waals surface area contributed by atoms with Crippen molar-refractivity contribution in [3.8, 4) is 11.4 Å². The standard InChI is InChI=1S/C29H35N5O2/c1-7-33(8-2)23-12-13-28(21(6)14-23)34-31-26-15-20(5)25(17-27(26)32-34)30-29(35)22-10-9-11-24(16-22)36-18-19(3)4/h9-17,19H,7-8,18H2,1-6H3,(H,30,35). The second kappa shape index (κ2) is 10.8. The Labute approximate surface area is 213 Å². The second-order valence-electron chi connectivity index (χ2n) is 9.48. The van der Waals surface area contributed by atoms with E-state index >= 15 is 0 Å². The van der Waals surface area contributed by atoms with Crippen molar-refractivity contribution in [3.63, 3.8) is 0 Å². The topological polar surface area (TPSA) is 72.3 Å². The number of rotatable bonds is 9. The summed E-state index contributed by atoms with van der Waals surface area (Å²) in [5, 5.41) is 12.4. The maximum atomic E-state index is 13.0. The Kier molecular flexibility index (Phi) is 7.58. The van der Waals surface area contributed by atoms with Crippen molar-refractivity contribution >= 4 is 28.3 Å². The first-order valence-corrected chi connectivity index (χ1v) is 12.6. The predicted molar refractivity (Wildman–Crippen MR) is 147 cm³/mol. The SMILES string of the molecule is CCN(CC)c1ccc(-n2nc3cc(C)c(NC(=O)c4cccc(OCC(C)C)c4)cc3n2)c(C)c1. The van der Waals surface area contributed by atoms with E-state index in [1.54, 1.807) is 16.9 Å². The van der Waals surface area contributed by atoms with Crippen LogP contribution in [-0.4, -0.2) is 40.6 Å². The number of hydrogen-bond donors (Lipinski definition) is 1. The quantitative estimate of drug-likeness (QED) is 0.307. The Hall–Kier alpha value is -3.87. The summed E-state index contributed by atoms with van der Waals surface area (Å²) in [6.45, 7) is 15.1. The van der Waals surface area contributed by atoms with E-state index in [0.29, 0.717) is 29.5 Å². The molecule has 7 nitrogen and oxygen atoms in total. The number of ether oxygens (including phenoxy) is 1. The zero-order chi connectivity index (χ0) is 25.8. The molecule has 0 saturated heterocycles. The molecule has 1 aromatic heterocycles. The van der Waals surface area contributed by atoms with Crippen LogP contribution in [0.1, 0.15) is 49.2 Å². The fraction of sp³-hybridized carbons (Fsp3) is 0.345. The Morgan fingerprint density at radius 1 is 0.972 bits per heavy atom. The smallest absolute Gasteiger partial charge is 0.255 e. The van der Waals surface area contributed by atoms with Crippen LogP contribution < -0.4 is 15.0 Å². The van der Waals surface area contributed by atoms with Gasteiger partial charge in [0.05, 0.1) is 12.3 Å². The minimum atomic E-state index is -0.192. The van der Waals surface area contributed by atoms with Crippen molar-refractivity contribution in [1.29, 1.82) is 0 Å². The van der Waals surface area contributed by atoms with E-state index < -0.39 is 0 Å². The molecule has 0 saturated carbocycles. The highest BCUT2D eigenvalue weighted by molar-refractivity contribution is 6.05. The summed E-state index contributed by atoms with van der Waals surface area (Å²) in [5.41, 5.74) is 6.90. The summed E-state index contributed by atoms with van der Waals surface area (Å²) in [7, 11) is 0. The molecule has 1 N–H and O–H groups in total. The highest BCUT2D eigenvalue weighted by Crippen LogP contribution is 2.26. The molecule has 0 fully saturated rings. The van der Waals surface area contributed by atoms with Crippen LogP contribution in [0.15, 0.2) is 54.6 Å². The lowest BCUT2D eigenvalue weighted by Gasteiger charge is -2.22. The molecule has 0 bridgehead atoms. The third-order valence-corrected chi connectivity index (χ3v) is 6.18. The van der Waals surface area contributed by atoms with Gasteiger partial charge in [0.15, 0.2) is 0 Å². The molecule has 36 heavy (non-hydrogen) atoms. The molecule has 4 rings (SSSR count). The van der Waals surface area contributed by atoms with Crippen LogP contribution in [0.5, 0.6) is 5.75 Å². The summed E-state index contributed by atoms with van der Waals surface area (Å²) < 4.78 is 5.77. The number of nitrogens with one attached hydrogen (secondary N) is 1. The van der Waals surface area contributed by atoms with Gasteiger partial charge < -0.3 is 15.0 Å². The maximum absolute atomic E-state index is 13.0. The predicted octanol–water partition coefficient (Wildman–Crippen LogP) is 6.17. The average molecular weight is 486 g/mol. The van der Waals surface area contributed by atoms with Crippen LogP contribution in [-0.2, 0) is 0 Å². The highest BCUT2D eigenvalue weighted by atomic mass is 16.5. The molecule has 1 heterocycles. The van der Waals surface area contributed by atoms with E-state index in [1.165, 1.54) is 5.69 Å². The molecule has 0 unspecified atom stereocenters. The van der Waals surface area contributed by atoms with Gasteiger partial charge in [-0.2, -0.15) is 4.80 Å². The molecule has 7 heteroatoms. The first-order valence-electron chi connectivity index (χ1n) is 12.6. The molecule has 0 spiro atoms. The van der Waals surface area contributed by atoms with Crippen molar-refractivity contribution in [1.82, 2.24) is 15.0 Å². The molecule has 0 aliphatic heterocycles. The van der Waals surface area contributed by atoms with Gasteiger partial charge in [0.1, 0.15) is 16.8 Å². The van der Waals surface area contributed by atoms with Gasteiger partial charge in [-0.3, -0.25) is 4.79 Å². The molecule has 1 amide bonds. The van der Waals surface area contributed by atoms with Gasteiger partial charge in [-0.25, -0.2) is 0 Å². The Balaban J connectivity index is 1.57. The van der Waals surface area contributed by atoms with Crippen LogP contribution in [0.25, 0.3) is 16.7 Å². The summed E-state index contributed by atoms with van der Waals surface area (Å²) in [6.07, 6.45) is 0. The van der Waals surface area contributed by atoms with E-state index in [1.807, 2.05) is 31.2 Å². The molecule has 0 aliphatic carbocycles.